The van der Waals surface area contributed by atoms with Crippen molar-refractivity contribution in [3.63, 3.8) is 0 Å². The van der Waals surface area contributed by atoms with Crippen molar-refractivity contribution in [2.75, 3.05) is 0 Å². The minimum atomic E-state index is -0.245. The molecule has 0 unspecified atom stereocenters. The molecule has 4 rings (SSSR count). The summed E-state index contributed by atoms with van der Waals surface area (Å²) in [5.74, 6) is 0.406. The Labute approximate surface area is 143 Å². The zero-order valence-corrected chi connectivity index (χ0v) is 13.7. The van der Waals surface area contributed by atoms with Crippen LogP contribution in [-0.4, -0.2) is 9.55 Å². The molecule has 0 amide bonds. The second kappa shape index (κ2) is 6.24. The van der Waals surface area contributed by atoms with Crippen LogP contribution < -0.4 is 5.69 Å². The van der Waals surface area contributed by atoms with Gasteiger partial charge in [-0.1, -0.05) is 36.4 Å². The Kier molecular flexibility index (Phi) is 3.94. The van der Waals surface area contributed by atoms with Gasteiger partial charge in [0, 0.05) is 17.9 Å². The number of nitrogens with zero attached hydrogens (tertiary/aromatic N) is 2. The van der Waals surface area contributed by atoms with Crippen molar-refractivity contribution in [1.29, 1.82) is 0 Å². The van der Waals surface area contributed by atoms with Gasteiger partial charge in [0.25, 0.3) is 0 Å². The molecule has 5 heteroatoms. The van der Waals surface area contributed by atoms with E-state index < -0.39 is 0 Å². The van der Waals surface area contributed by atoms with Crippen LogP contribution >= 0.6 is 11.8 Å². The molecule has 1 aliphatic rings. The molecule has 3 aromatic rings. The summed E-state index contributed by atoms with van der Waals surface area (Å²) in [5.41, 5.74) is 4.09. The number of fused-ring (bicyclic) bond motifs is 3. The van der Waals surface area contributed by atoms with Gasteiger partial charge in [-0.3, -0.25) is 4.57 Å². The number of thioether (sulfide) groups is 1. The first kappa shape index (κ1) is 15.1. The van der Waals surface area contributed by atoms with Crippen LogP contribution in [0, 0.1) is 5.82 Å². The van der Waals surface area contributed by atoms with E-state index in [1.165, 1.54) is 29.5 Å². The van der Waals surface area contributed by atoms with Crippen LogP contribution in [0.2, 0.25) is 0 Å². The zero-order valence-electron chi connectivity index (χ0n) is 12.9. The Balaban J connectivity index is 1.66. The van der Waals surface area contributed by atoms with Crippen molar-refractivity contribution in [1.82, 2.24) is 9.55 Å². The highest BCUT2D eigenvalue weighted by Crippen LogP contribution is 2.30. The number of halogens is 1. The van der Waals surface area contributed by atoms with E-state index in [0.717, 1.165) is 23.2 Å². The minimum Gasteiger partial charge on any atom is -0.292 e. The molecule has 0 fully saturated rings. The highest BCUT2D eigenvalue weighted by Gasteiger charge is 2.18. The van der Waals surface area contributed by atoms with Crippen LogP contribution in [-0.2, 0) is 18.7 Å². The third-order valence-electron chi connectivity index (χ3n) is 4.19. The van der Waals surface area contributed by atoms with Gasteiger partial charge in [-0.25, -0.2) is 9.18 Å². The normalized spacial score (nSPS) is 12.5. The standard InChI is InChI=1S/C19H15FN2OS/c20-15-7-5-13(6-8-15)12-24-18-11-17-16-4-2-1-3-14(16)9-10-22(17)19(23)21-18/h1-8,11H,9-10,12H2. The van der Waals surface area contributed by atoms with Crippen molar-refractivity contribution >= 4 is 11.8 Å². The molecule has 0 radical (unpaired) electrons. The molecule has 2 heterocycles. The molecule has 1 aliphatic heterocycles. The summed E-state index contributed by atoms with van der Waals surface area (Å²) in [5, 5.41) is 0.701. The van der Waals surface area contributed by atoms with Crippen LogP contribution in [0.4, 0.5) is 4.39 Å². The van der Waals surface area contributed by atoms with Gasteiger partial charge in [-0.15, -0.1) is 11.8 Å². The maximum Gasteiger partial charge on any atom is 0.349 e. The van der Waals surface area contributed by atoms with Crippen LogP contribution in [0.1, 0.15) is 11.1 Å². The summed E-state index contributed by atoms with van der Waals surface area (Å²) in [7, 11) is 0. The molecule has 0 N–H and O–H groups in total. The van der Waals surface area contributed by atoms with Crippen LogP contribution in [0.5, 0.6) is 0 Å². The van der Waals surface area contributed by atoms with Gasteiger partial charge in [0.1, 0.15) is 10.8 Å². The molecule has 1 aromatic heterocycles. The zero-order chi connectivity index (χ0) is 16.5. The fraction of sp³-hybridized carbons (Fsp3) is 0.158. The predicted octanol–water partition coefficient (Wildman–Crippen LogP) is 3.90. The summed E-state index contributed by atoms with van der Waals surface area (Å²) in [6, 6.07) is 16.5. The summed E-state index contributed by atoms with van der Waals surface area (Å²) >= 11 is 1.49. The smallest absolute Gasteiger partial charge is 0.292 e. The van der Waals surface area contributed by atoms with Gasteiger partial charge in [0.15, 0.2) is 0 Å². The van der Waals surface area contributed by atoms with E-state index in [-0.39, 0.29) is 11.5 Å². The Morgan fingerprint density at radius 3 is 2.75 bits per heavy atom. The highest BCUT2D eigenvalue weighted by molar-refractivity contribution is 7.98. The number of aromatic nitrogens is 2. The van der Waals surface area contributed by atoms with Crippen LogP contribution in [0.25, 0.3) is 11.3 Å². The topological polar surface area (TPSA) is 34.9 Å². The molecular weight excluding hydrogens is 323 g/mol. The lowest BCUT2D eigenvalue weighted by molar-refractivity contribution is 0.627. The second-order valence-corrected chi connectivity index (χ2v) is 6.73. The lowest BCUT2D eigenvalue weighted by atomic mass is 9.98. The predicted molar refractivity (Wildman–Crippen MR) is 93.6 cm³/mol. The Morgan fingerprint density at radius 1 is 1.12 bits per heavy atom. The molecule has 0 atom stereocenters. The summed E-state index contributed by atoms with van der Waals surface area (Å²) in [6.07, 6.45) is 0.854. The Hall–Kier alpha value is -2.40. The SMILES string of the molecule is O=c1nc(SCc2ccc(F)cc2)cc2n1CCc1ccccc1-2. The number of hydrogen-bond acceptors (Lipinski definition) is 3. The highest BCUT2D eigenvalue weighted by atomic mass is 32.2. The first-order valence-corrected chi connectivity index (χ1v) is 8.77. The second-order valence-electron chi connectivity index (χ2n) is 5.74. The van der Waals surface area contributed by atoms with E-state index in [1.54, 1.807) is 16.7 Å². The molecule has 2 aromatic carbocycles. The van der Waals surface area contributed by atoms with E-state index in [4.69, 9.17) is 0 Å². The lowest BCUT2D eigenvalue weighted by Crippen LogP contribution is -2.28. The van der Waals surface area contributed by atoms with Crippen molar-refractivity contribution in [2.24, 2.45) is 0 Å². The van der Waals surface area contributed by atoms with Crippen molar-refractivity contribution in [2.45, 2.75) is 23.7 Å². The molecule has 24 heavy (non-hydrogen) atoms. The lowest BCUT2D eigenvalue weighted by Gasteiger charge is -2.21. The quantitative estimate of drug-likeness (QED) is 0.537. The molecule has 120 valence electrons. The summed E-state index contributed by atoms with van der Waals surface area (Å²) < 4.78 is 14.7. The van der Waals surface area contributed by atoms with E-state index in [9.17, 15) is 9.18 Å². The number of rotatable bonds is 3. The van der Waals surface area contributed by atoms with E-state index in [1.807, 2.05) is 24.3 Å². The molecule has 3 nitrogen and oxygen atoms in total. The van der Waals surface area contributed by atoms with Crippen LogP contribution in [0.3, 0.4) is 0 Å². The number of aryl methyl sites for hydroxylation is 1. The van der Waals surface area contributed by atoms with Crippen LogP contribution in [0.15, 0.2) is 64.4 Å². The van der Waals surface area contributed by atoms with E-state index >= 15 is 0 Å². The Bertz CT molecular complexity index is 950. The van der Waals surface area contributed by atoms with Crippen molar-refractivity contribution in [3.8, 4) is 11.3 Å². The van der Waals surface area contributed by atoms with Gasteiger partial charge in [-0.05, 0) is 35.7 Å². The van der Waals surface area contributed by atoms with Crippen molar-refractivity contribution < 1.29 is 4.39 Å². The van der Waals surface area contributed by atoms with Gasteiger partial charge in [0.2, 0.25) is 0 Å². The first-order valence-electron chi connectivity index (χ1n) is 7.78. The van der Waals surface area contributed by atoms with Gasteiger partial charge in [0.05, 0.1) is 5.69 Å². The maximum absolute atomic E-state index is 13.0. The molecule has 0 saturated carbocycles. The van der Waals surface area contributed by atoms with Gasteiger partial charge < -0.3 is 0 Å². The molecule has 0 spiro atoms. The summed E-state index contributed by atoms with van der Waals surface area (Å²) in [6.45, 7) is 0.668. The average Bonchev–Trinajstić information content (AvgIpc) is 2.61. The number of hydrogen-bond donors (Lipinski definition) is 0. The van der Waals surface area contributed by atoms with E-state index in [0.29, 0.717) is 17.3 Å². The monoisotopic (exact) mass is 338 g/mol. The fourth-order valence-corrected chi connectivity index (χ4v) is 3.80. The van der Waals surface area contributed by atoms with Gasteiger partial charge in [-0.2, -0.15) is 4.98 Å². The minimum absolute atomic E-state index is 0.205. The molecular formula is C19H15FN2OS. The largest absolute Gasteiger partial charge is 0.349 e. The first-order chi connectivity index (χ1) is 11.7. The maximum atomic E-state index is 13.0. The molecule has 0 aliphatic carbocycles. The van der Waals surface area contributed by atoms with E-state index in [2.05, 4.69) is 11.1 Å². The van der Waals surface area contributed by atoms with Gasteiger partial charge >= 0.3 is 5.69 Å². The average molecular weight is 338 g/mol. The fourth-order valence-electron chi connectivity index (χ4n) is 2.96. The van der Waals surface area contributed by atoms with Crippen molar-refractivity contribution in [3.05, 3.63) is 82.0 Å². The Morgan fingerprint density at radius 2 is 1.92 bits per heavy atom. The molecule has 0 saturated heterocycles. The summed E-state index contributed by atoms with van der Waals surface area (Å²) in [4.78, 5) is 16.5. The number of benzene rings is 2. The third-order valence-corrected chi connectivity index (χ3v) is 5.17. The third kappa shape index (κ3) is 2.87. The molecule has 0 bridgehead atoms.